The van der Waals surface area contributed by atoms with Gasteiger partial charge in [-0.05, 0) is 69.3 Å². The molecule has 2 N–H and O–H groups in total. The number of nitrogens with two attached hydrogens (primary N) is 1. The predicted octanol–water partition coefficient (Wildman–Crippen LogP) is 4.80. The topological polar surface area (TPSA) is 85.3 Å². The van der Waals surface area contributed by atoms with Crippen molar-refractivity contribution in [2.75, 3.05) is 23.7 Å². The third kappa shape index (κ3) is 3.58. The zero-order chi connectivity index (χ0) is 18.8. The third-order valence-corrected chi connectivity index (χ3v) is 6.12. The van der Waals surface area contributed by atoms with Crippen molar-refractivity contribution in [1.29, 1.82) is 0 Å². The monoisotopic (exact) mass is 398 g/mol. The summed E-state index contributed by atoms with van der Waals surface area (Å²) in [5.41, 5.74) is 10.9. The molecule has 4 rings (SSSR count). The highest BCUT2D eigenvalue weighted by Gasteiger charge is 2.22. The lowest BCUT2D eigenvalue weighted by molar-refractivity contribution is -0.384. The lowest BCUT2D eigenvalue weighted by atomic mass is 9.91. The maximum atomic E-state index is 10.9. The number of hydrogen-bond acceptors (Lipinski definition) is 7. The fourth-order valence-electron chi connectivity index (χ4n) is 3.43. The summed E-state index contributed by atoms with van der Waals surface area (Å²) in [5, 5.41) is 19.5. The summed E-state index contributed by atoms with van der Waals surface area (Å²) >= 11 is 3.42. The Bertz CT molecular complexity index is 935. The number of nitro groups is 1. The van der Waals surface area contributed by atoms with Crippen molar-refractivity contribution in [2.24, 2.45) is 0 Å². The van der Waals surface area contributed by atoms with Crippen LogP contribution in [0.25, 0.3) is 5.57 Å². The van der Waals surface area contributed by atoms with Crippen LogP contribution < -0.4 is 10.6 Å². The van der Waals surface area contributed by atoms with Crippen LogP contribution in [0.3, 0.4) is 0 Å². The lowest BCUT2D eigenvalue weighted by Crippen LogP contribution is -2.31. The SMILES string of the molecule is Nc1nc(N2CCC(=C(c3ccsc3)c3ccsc3)CC2)ccc1[N+](=O)[O-]. The molecule has 138 valence electrons. The summed E-state index contributed by atoms with van der Waals surface area (Å²) in [6, 6.07) is 7.47. The van der Waals surface area contributed by atoms with Crippen LogP contribution in [0.2, 0.25) is 0 Å². The van der Waals surface area contributed by atoms with Gasteiger partial charge in [0, 0.05) is 19.2 Å². The Morgan fingerprint density at radius 1 is 1.07 bits per heavy atom. The molecule has 0 spiro atoms. The minimum atomic E-state index is -0.503. The molecule has 0 aromatic carbocycles. The van der Waals surface area contributed by atoms with Crippen molar-refractivity contribution < 1.29 is 4.92 Å². The number of pyridine rings is 1. The molecule has 3 aromatic rings. The van der Waals surface area contributed by atoms with E-state index in [9.17, 15) is 10.1 Å². The molecular weight excluding hydrogens is 380 g/mol. The maximum Gasteiger partial charge on any atom is 0.311 e. The third-order valence-electron chi connectivity index (χ3n) is 4.75. The van der Waals surface area contributed by atoms with Gasteiger partial charge in [0.25, 0.3) is 0 Å². The highest BCUT2D eigenvalue weighted by molar-refractivity contribution is 7.08. The van der Waals surface area contributed by atoms with Gasteiger partial charge < -0.3 is 10.6 Å². The quantitative estimate of drug-likeness (QED) is 0.504. The minimum absolute atomic E-state index is 0.0314. The molecular formula is C19H18N4O2S2. The van der Waals surface area contributed by atoms with Gasteiger partial charge >= 0.3 is 5.69 Å². The van der Waals surface area contributed by atoms with E-state index < -0.39 is 4.92 Å². The van der Waals surface area contributed by atoms with Crippen molar-refractivity contribution in [2.45, 2.75) is 12.8 Å². The highest BCUT2D eigenvalue weighted by atomic mass is 32.1. The number of thiophene rings is 2. The van der Waals surface area contributed by atoms with Crippen LogP contribution in [0.4, 0.5) is 17.3 Å². The van der Waals surface area contributed by atoms with Crippen molar-refractivity contribution >= 4 is 45.6 Å². The summed E-state index contributed by atoms with van der Waals surface area (Å²) in [6.07, 6.45) is 1.86. The summed E-state index contributed by atoms with van der Waals surface area (Å²) < 4.78 is 0. The number of piperidine rings is 1. The van der Waals surface area contributed by atoms with Crippen molar-refractivity contribution in [3.8, 4) is 0 Å². The predicted molar refractivity (Wildman–Crippen MR) is 111 cm³/mol. The molecule has 0 unspecified atom stereocenters. The van der Waals surface area contributed by atoms with E-state index in [2.05, 4.69) is 43.5 Å². The first-order chi connectivity index (χ1) is 13.1. The first-order valence-corrected chi connectivity index (χ1v) is 10.4. The second-order valence-electron chi connectivity index (χ2n) is 6.32. The van der Waals surface area contributed by atoms with Crippen LogP contribution in [-0.2, 0) is 0 Å². The van der Waals surface area contributed by atoms with Crippen molar-refractivity contribution in [3.63, 3.8) is 0 Å². The first kappa shape index (κ1) is 17.7. The zero-order valence-corrected chi connectivity index (χ0v) is 16.1. The molecule has 8 heteroatoms. The normalized spacial score (nSPS) is 14.4. The number of aromatic nitrogens is 1. The minimum Gasteiger partial charge on any atom is -0.378 e. The van der Waals surface area contributed by atoms with Crippen LogP contribution in [0.5, 0.6) is 0 Å². The molecule has 0 saturated carbocycles. The Kier molecular flexibility index (Phi) is 4.91. The van der Waals surface area contributed by atoms with Gasteiger partial charge in [0.05, 0.1) is 4.92 Å². The van der Waals surface area contributed by atoms with Gasteiger partial charge in [0.15, 0.2) is 0 Å². The summed E-state index contributed by atoms with van der Waals surface area (Å²) in [6.45, 7) is 1.63. The first-order valence-electron chi connectivity index (χ1n) is 8.56. The van der Waals surface area contributed by atoms with Crippen LogP contribution in [0.1, 0.15) is 24.0 Å². The van der Waals surface area contributed by atoms with E-state index in [-0.39, 0.29) is 11.5 Å². The standard InChI is InChI=1S/C19H18N4O2S2/c20-19-16(23(24)25)1-2-17(21-19)22-7-3-13(4-8-22)18(14-5-9-26-11-14)15-6-10-27-12-15/h1-2,5-6,9-12H,3-4,7-8H2,(H2,20,21). The van der Waals surface area contributed by atoms with Gasteiger partial charge in [-0.1, -0.05) is 5.57 Å². The molecule has 1 aliphatic heterocycles. The van der Waals surface area contributed by atoms with Crippen LogP contribution >= 0.6 is 22.7 Å². The molecule has 3 aromatic heterocycles. The summed E-state index contributed by atoms with van der Waals surface area (Å²) in [4.78, 5) is 16.8. The number of rotatable bonds is 4. The number of nitrogens with zero attached hydrogens (tertiary/aromatic N) is 3. The largest absolute Gasteiger partial charge is 0.378 e. The van der Waals surface area contributed by atoms with Crippen LogP contribution in [0, 0.1) is 10.1 Å². The van der Waals surface area contributed by atoms with E-state index in [0.29, 0.717) is 5.82 Å². The Morgan fingerprint density at radius 3 is 2.19 bits per heavy atom. The molecule has 27 heavy (non-hydrogen) atoms. The van der Waals surface area contributed by atoms with E-state index in [4.69, 9.17) is 5.73 Å². The average Bonchev–Trinajstić information content (AvgIpc) is 3.37. The van der Waals surface area contributed by atoms with Crippen molar-refractivity contribution in [3.05, 3.63) is 72.6 Å². The van der Waals surface area contributed by atoms with E-state index in [1.807, 2.05) is 0 Å². The Morgan fingerprint density at radius 2 is 1.70 bits per heavy atom. The Balaban J connectivity index is 1.58. The molecule has 1 aliphatic rings. The second-order valence-corrected chi connectivity index (χ2v) is 7.88. The van der Waals surface area contributed by atoms with E-state index >= 15 is 0 Å². The smallest absolute Gasteiger partial charge is 0.311 e. The molecule has 0 aliphatic carbocycles. The highest BCUT2D eigenvalue weighted by Crippen LogP contribution is 2.35. The van der Waals surface area contributed by atoms with Gasteiger partial charge in [-0.3, -0.25) is 10.1 Å². The lowest BCUT2D eigenvalue weighted by Gasteiger charge is -2.31. The van der Waals surface area contributed by atoms with Crippen LogP contribution in [0.15, 0.2) is 51.4 Å². The molecule has 4 heterocycles. The fraction of sp³-hybridized carbons (Fsp3) is 0.211. The summed E-state index contributed by atoms with van der Waals surface area (Å²) in [5.74, 6) is 0.667. The van der Waals surface area contributed by atoms with Gasteiger partial charge in [-0.15, -0.1) is 0 Å². The van der Waals surface area contributed by atoms with E-state index in [1.165, 1.54) is 28.3 Å². The molecule has 6 nitrogen and oxygen atoms in total. The maximum absolute atomic E-state index is 10.9. The molecule has 1 fully saturated rings. The molecule has 0 radical (unpaired) electrons. The number of hydrogen-bond donors (Lipinski definition) is 1. The number of anilines is 2. The zero-order valence-electron chi connectivity index (χ0n) is 14.5. The Hall–Kier alpha value is -2.71. The van der Waals surface area contributed by atoms with Gasteiger partial charge in [0.2, 0.25) is 5.82 Å². The molecule has 0 bridgehead atoms. The van der Waals surface area contributed by atoms with Crippen LogP contribution in [-0.4, -0.2) is 23.0 Å². The molecule has 1 saturated heterocycles. The van der Waals surface area contributed by atoms with Gasteiger partial charge in [0.1, 0.15) is 5.82 Å². The van der Waals surface area contributed by atoms with E-state index in [1.54, 1.807) is 28.7 Å². The second kappa shape index (κ2) is 7.50. The van der Waals surface area contributed by atoms with Gasteiger partial charge in [-0.25, -0.2) is 4.98 Å². The Labute approximate surface area is 164 Å². The number of nitrogen functional groups attached to an aromatic ring is 1. The van der Waals surface area contributed by atoms with Gasteiger partial charge in [-0.2, -0.15) is 22.7 Å². The van der Waals surface area contributed by atoms with E-state index in [0.717, 1.165) is 25.9 Å². The average molecular weight is 399 g/mol. The molecule has 0 atom stereocenters. The molecule has 0 amide bonds. The van der Waals surface area contributed by atoms with Crippen molar-refractivity contribution in [1.82, 2.24) is 4.98 Å². The summed E-state index contributed by atoms with van der Waals surface area (Å²) in [7, 11) is 0. The fourth-order valence-corrected chi connectivity index (χ4v) is 4.72.